The lowest BCUT2D eigenvalue weighted by molar-refractivity contribution is -0.144. The van der Waals surface area contributed by atoms with E-state index in [4.69, 9.17) is 4.74 Å². The van der Waals surface area contributed by atoms with Crippen molar-refractivity contribution < 1.29 is 14.6 Å². The van der Waals surface area contributed by atoms with Crippen molar-refractivity contribution in [2.24, 2.45) is 0 Å². The third-order valence-electron chi connectivity index (χ3n) is 4.38. The van der Waals surface area contributed by atoms with Crippen LogP contribution in [0.3, 0.4) is 0 Å². The Morgan fingerprint density at radius 2 is 2.20 bits per heavy atom. The van der Waals surface area contributed by atoms with Gasteiger partial charge in [0.25, 0.3) is 0 Å². The Hall–Kier alpha value is -1.39. The zero-order valence-corrected chi connectivity index (χ0v) is 11.8. The summed E-state index contributed by atoms with van der Waals surface area (Å²) in [6.45, 7) is 3.60. The second kappa shape index (κ2) is 5.54. The van der Waals surface area contributed by atoms with E-state index in [1.807, 2.05) is 24.3 Å². The van der Waals surface area contributed by atoms with Crippen LogP contribution in [0.25, 0.3) is 0 Å². The van der Waals surface area contributed by atoms with Crippen LogP contribution in [0.2, 0.25) is 0 Å². The first-order chi connectivity index (χ1) is 9.65. The summed E-state index contributed by atoms with van der Waals surface area (Å²) < 4.78 is 5.85. The quantitative estimate of drug-likeness (QED) is 0.919. The number of carbonyl (C=O) groups is 1. The molecule has 0 radical (unpaired) electrons. The van der Waals surface area contributed by atoms with E-state index < -0.39 is 12.0 Å². The van der Waals surface area contributed by atoms with E-state index in [0.717, 1.165) is 43.5 Å². The molecule has 4 nitrogen and oxygen atoms in total. The second-order valence-electron chi connectivity index (χ2n) is 5.83. The molecule has 2 aliphatic rings. The van der Waals surface area contributed by atoms with Crippen molar-refractivity contribution >= 4 is 5.97 Å². The molecule has 20 heavy (non-hydrogen) atoms. The summed E-state index contributed by atoms with van der Waals surface area (Å²) in [6, 6.07) is 7.36. The standard InChI is InChI=1S/C16H21NO3/c1-11-6-7-13(20-11)10-17-9-8-12-4-2-3-5-14(12)15(17)16(18)19/h2-5,11,13,15H,6-10H2,1H3,(H,18,19). The fraction of sp³-hybridized carbons (Fsp3) is 0.562. The molecule has 1 aromatic carbocycles. The first-order valence-electron chi connectivity index (χ1n) is 7.35. The third-order valence-corrected chi connectivity index (χ3v) is 4.38. The molecule has 0 amide bonds. The lowest BCUT2D eigenvalue weighted by atomic mass is 9.92. The van der Waals surface area contributed by atoms with Crippen LogP contribution >= 0.6 is 0 Å². The van der Waals surface area contributed by atoms with E-state index in [2.05, 4.69) is 11.8 Å². The van der Waals surface area contributed by atoms with Crippen LogP contribution in [0.4, 0.5) is 0 Å². The number of hydrogen-bond acceptors (Lipinski definition) is 3. The molecule has 3 unspecified atom stereocenters. The number of carboxylic acid groups (broad SMARTS) is 1. The topological polar surface area (TPSA) is 49.8 Å². The van der Waals surface area contributed by atoms with Gasteiger partial charge in [-0.25, -0.2) is 0 Å². The number of nitrogens with zero attached hydrogens (tertiary/aromatic N) is 1. The van der Waals surface area contributed by atoms with Gasteiger partial charge in [-0.3, -0.25) is 9.69 Å². The van der Waals surface area contributed by atoms with E-state index in [9.17, 15) is 9.90 Å². The lowest BCUT2D eigenvalue weighted by Gasteiger charge is -2.36. The molecule has 0 saturated carbocycles. The highest BCUT2D eigenvalue weighted by molar-refractivity contribution is 5.76. The smallest absolute Gasteiger partial charge is 0.325 e. The molecule has 1 N–H and O–H groups in total. The maximum absolute atomic E-state index is 11.7. The van der Waals surface area contributed by atoms with Crippen LogP contribution in [0.5, 0.6) is 0 Å². The van der Waals surface area contributed by atoms with Crippen molar-refractivity contribution in [3.8, 4) is 0 Å². The van der Waals surface area contributed by atoms with Crippen LogP contribution in [0, 0.1) is 0 Å². The summed E-state index contributed by atoms with van der Waals surface area (Å²) in [5, 5.41) is 9.60. The van der Waals surface area contributed by atoms with Gasteiger partial charge in [-0.05, 0) is 37.3 Å². The van der Waals surface area contributed by atoms with Gasteiger partial charge in [0.05, 0.1) is 12.2 Å². The lowest BCUT2D eigenvalue weighted by Crippen LogP contribution is -2.43. The molecule has 108 valence electrons. The number of fused-ring (bicyclic) bond motifs is 1. The Kier molecular flexibility index (Phi) is 3.76. The molecule has 3 atom stereocenters. The first-order valence-corrected chi connectivity index (χ1v) is 7.35. The molecule has 1 aromatic rings. The van der Waals surface area contributed by atoms with Gasteiger partial charge in [-0.1, -0.05) is 24.3 Å². The number of hydrogen-bond donors (Lipinski definition) is 1. The summed E-state index contributed by atoms with van der Waals surface area (Å²) in [6.07, 6.45) is 3.51. The predicted molar refractivity (Wildman–Crippen MR) is 75.7 cm³/mol. The Morgan fingerprint density at radius 3 is 2.90 bits per heavy atom. The fourth-order valence-electron chi connectivity index (χ4n) is 3.39. The highest BCUT2D eigenvalue weighted by Gasteiger charge is 2.35. The van der Waals surface area contributed by atoms with Crippen LogP contribution in [-0.4, -0.2) is 41.3 Å². The van der Waals surface area contributed by atoms with Crippen LogP contribution < -0.4 is 0 Å². The zero-order chi connectivity index (χ0) is 14.1. The average Bonchev–Trinajstić information content (AvgIpc) is 2.83. The second-order valence-corrected chi connectivity index (χ2v) is 5.83. The maximum Gasteiger partial charge on any atom is 0.325 e. The van der Waals surface area contributed by atoms with Crippen molar-refractivity contribution in [2.45, 2.75) is 44.4 Å². The van der Waals surface area contributed by atoms with Crippen LogP contribution in [-0.2, 0) is 16.0 Å². The van der Waals surface area contributed by atoms with Gasteiger partial charge in [0.2, 0.25) is 0 Å². The zero-order valence-electron chi connectivity index (χ0n) is 11.8. The normalized spacial score (nSPS) is 30.1. The van der Waals surface area contributed by atoms with Crippen molar-refractivity contribution in [3.63, 3.8) is 0 Å². The Morgan fingerprint density at radius 1 is 1.40 bits per heavy atom. The molecule has 4 heteroatoms. The molecular formula is C16H21NO3. The minimum Gasteiger partial charge on any atom is -0.480 e. The van der Waals surface area contributed by atoms with Gasteiger partial charge < -0.3 is 9.84 Å². The number of carboxylic acids is 1. The molecule has 2 heterocycles. The van der Waals surface area contributed by atoms with Crippen molar-refractivity contribution in [1.29, 1.82) is 0 Å². The van der Waals surface area contributed by atoms with Gasteiger partial charge in [0.15, 0.2) is 0 Å². The number of benzene rings is 1. The maximum atomic E-state index is 11.7. The number of ether oxygens (including phenoxy) is 1. The minimum atomic E-state index is -0.761. The monoisotopic (exact) mass is 275 g/mol. The Labute approximate surface area is 119 Å². The van der Waals surface area contributed by atoms with E-state index >= 15 is 0 Å². The number of rotatable bonds is 3. The molecule has 3 rings (SSSR count). The molecule has 2 aliphatic heterocycles. The molecular weight excluding hydrogens is 254 g/mol. The summed E-state index contributed by atoms with van der Waals surface area (Å²) in [5.41, 5.74) is 2.11. The van der Waals surface area contributed by atoms with Crippen LogP contribution in [0.15, 0.2) is 24.3 Å². The Balaban J connectivity index is 1.80. The van der Waals surface area contributed by atoms with Crippen molar-refractivity contribution in [2.75, 3.05) is 13.1 Å². The van der Waals surface area contributed by atoms with Gasteiger partial charge in [-0.15, -0.1) is 0 Å². The summed E-state index contributed by atoms with van der Waals surface area (Å²) >= 11 is 0. The van der Waals surface area contributed by atoms with Gasteiger partial charge in [-0.2, -0.15) is 0 Å². The Bertz CT molecular complexity index is 502. The van der Waals surface area contributed by atoms with Gasteiger partial charge in [0, 0.05) is 13.1 Å². The minimum absolute atomic E-state index is 0.178. The summed E-state index contributed by atoms with van der Waals surface area (Å²) in [5.74, 6) is -0.761. The average molecular weight is 275 g/mol. The molecule has 0 aliphatic carbocycles. The largest absolute Gasteiger partial charge is 0.480 e. The summed E-state index contributed by atoms with van der Waals surface area (Å²) in [4.78, 5) is 13.7. The summed E-state index contributed by atoms with van der Waals surface area (Å²) in [7, 11) is 0. The molecule has 1 saturated heterocycles. The highest BCUT2D eigenvalue weighted by atomic mass is 16.5. The molecule has 0 bridgehead atoms. The number of aliphatic carboxylic acids is 1. The van der Waals surface area contributed by atoms with E-state index in [0.29, 0.717) is 6.10 Å². The van der Waals surface area contributed by atoms with Crippen molar-refractivity contribution in [1.82, 2.24) is 4.90 Å². The van der Waals surface area contributed by atoms with Gasteiger partial charge >= 0.3 is 5.97 Å². The van der Waals surface area contributed by atoms with E-state index in [1.54, 1.807) is 0 Å². The van der Waals surface area contributed by atoms with Crippen molar-refractivity contribution in [3.05, 3.63) is 35.4 Å². The molecule has 0 aromatic heterocycles. The molecule has 0 spiro atoms. The van der Waals surface area contributed by atoms with Crippen LogP contribution in [0.1, 0.15) is 36.9 Å². The SMILES string of the molecule is CC1CCC(CN2CCc3ccccc3C2C(=O)O)O1. The van der Waals surface area contributed by atoms with E-state index in [1.165, 1.54) is 0 Å². The van der Waals surface area contributed by atoms with E-state index in [-0.39, 0.29) is 6.10 Å². The first kappa shape index (κ1) is 13.6. The fourth-order valence-corrected chi connectivity index (χ4v) is 3.39. The third kappa shape index (κ3) is 2.58. The van der Waals surface area contributed by atoms with Gasteiger partial charge in [0.1, 0.15) is 6.04 Å². The molecule has 1 fully saturated rings. The highest BCUT2D eigenvalue weighted by Crippen LogP contribution is 2.31. The predicted octanol–water partition coefficient (Wildman–Crippen LogP) is 2.24.